The van der Waals surface area contributed by atoms with Crippen LogP contribution in [0.25, 0.3) is 0 Å². The van der Waals surface area contributed by atoms with Crippen LogP contribution in [0.2, 0.25) is 0 Å². The molecule has 0 saturated carbocycles. The quantitative estimate of drug-likeness (QED) is 0.576. The maximum absolute atomic E-state index is 13.7. The van der Waals surface area contributed by atoms with Crippen LogP contribution in [0.5, 0.6) is 0 Å². The number of anilines is 1. The Labute approximate surface area is 211 Å². The molecule has 1 fully saturated rings. The van der Waals surface area contributed by atoms with Crippen molar-refractivity contribution < 1.29 is 9.18 Å². The Kier molecular flexibility index (Phi) is 6.38. The van der Waals surface area contributed by atoms with Gasteiger partial charge in [0.15, 0.2) is 0 Å². The number of nitrogens with one attached hydrogen (secondary N) is 1. The molecule has 0 spiro atoms. The number of carbonyl (C=O) groups excluding carboxylic acids is 1. The van der Waals surface area contributed by atoms with Crippen molar-refractivity contribution in [2.75, 3.05) is 31.1 Å². The Hall–Kier alpha value is -3.52. The molecule has 1 amide bonds. The van der Waals surface area contributed by atoms with Gasteiger partial charge in [0.2, 0.25) is 5.91 Å². The fourth-order valence-corrected chi connectivity index (χ4v) is 5.20. The van der Waals surface area contributed by atoms with Crippen molar-refractivity contribution in [1.82, 2.24) is 24.8 Å². The Morgan fingerprint density at radius 3 is 2.72 bits per heavy atom. The van der Waals surface area contributed by atoms with Gasteiger partial charge in [0.05, 0.1) is 17.9 Å². The first-order valence-corrected chi connectivity index (χ1v) is 12.4. The van der Waals surface area contributed by atoms with Gasteiger partial charge in [-0.1, -0.05) is 32.6 Å². The molecule has 3 aromatic rings. The van der Waals surface area contributed by atoms with Gasteiger partial charge in [-0.15, -0.1) is 0 Å². The van der Waals surface area contributed by atoms with Crippen molar-refractivity contribution in [1.29, 1.82) is 0 Å². The van der Waals surface area contributed by atoms with Crippen LogP contribution >= 0.6 is 0 Å². The number of amides is 1. The van der Waals surface area contributed by atoms with Crippen LogP contribution in [-0.4, -0.2) is 57.6 Å². The number of hydrogen-bond acceptors (Lipinski definition) is 5. The lowest BCUT2D eigenvalue weighted by Gasteiger charge is -2.38. The highest BCUT2D eigenvalue weighted by Crippen LogP contribution is 2.39. The first-order chi connectivity index (χ1) is 17.2. The molecule has 0 bridgehead atoms. The number of rotatable bonds is 6. The molecule has 188 valence electrons. The van der Waals surface area contributed by atoms with E-state index in [9.17, 15) is 9.18 Å². The van der Waals surface area contributed by atoms with Gasteiger partial charge in [0.1, 0.15) is 11.6 Å². The Morgan fingerprint density at radius 2 is 2.00 bits per heavy atom. The zero-order valence-electron chi connectivity index (χ0n) is 21.2. The van der Waals surface area contributed by atoms with Crippen molar-refractivity contribution in [3.05, 3.63) is 89.7 Å². The maximum atomic E-state index is 13.7. The molecule has 2 aliphatic rings. The Morgan fingerprint density at radius 1 is 1.22 bits per heavy atom. The number of imidazole rings is 1. The second-order valence-corrected chi connectivity index (χ2v) is 10.5. The molecule has 1 saturated heterocycles. The summed E-state index contributed by atoms with van der Waals surface area (Å²) in [7, 11) is 0. The molecule has 7 nitrogen and oxygen atoms in total. The fourth-order valence-electron chi connectivity index (χ4n) is 5.20. The molecule has 1 atom stereocenters. The number of halogens is 1. The lowest BCUT2D eigenvalue weighted by atomic mass is 9.91. The highest BCUT2D eigenvalue weighted by Gasteiger charge is 2.40. The summed E-state index contributed by atoms with van der Waals surface area (Å²) in [4.78, 5) is 26.9. The molecular formula is C28H33FN6O. The molecule has 5 rings (SSSR count). The van der Waals surface area contributed by atoms with Gasteiger partial charge in [-0.25, -0.2) is 9.37 Å². The number of pyridine rings is 1. The summed E-state index contributed by atoms with van der Waals surface area (Å²) in [5, 5.41) is 3.37. The molecule has 2 aliphatic heterocycles. The Bertz CT molecular complexity index is 1280. The second kappa shape index (κ2) is 9.50. The topological polar surface area (TPSA) is 66.3 Å². The summed E-state index contributed by atoms with van der Waals surface area (Å²) < 4.78 is 15.4. The molecule has 0 radical (unpaired) electrons. The smallest absolute Gasteiger partial charge is 0.241 e. The van der Waals surface area contributed by atoms with Crippen LogP contribution < -0.4 is 10.2 Å². The zero-order chi connectivity index (χ0) is 25.4. The number of aromatic nitrogens is 3. The molecule has 1 N–H and O–H groups in total. The van der Waals surface area contributed by atoms with Gasteiger partial charge in [-0.05, 0) is 42.7 Å². The van der Waals surface area contributed by atoms with E-state index in [0.29, 0.717) is 26.1 Å². The highest BCUT2D eigenvalue weighted by atomic mass is 19.1. The largest absolute Gasteiger partial charge is 0.386 e. The van der Waals surface area contributed by atoms with Gasteiger partial charge in [0.25, 0.3) is 0 Å². The molecule has 2 aromatic heterocycles. The number of nitrogens with zero attached hydrogens (tertiary/aromatic N) is 5. The predicted octanol–water partition coefficient (Wildman–Crippen LogP) is 3.43. The van der Waals surface area contributed by atoms with Crippen LogP contribution in [0.3, 0.4) is 0 Å². The van der Waals surface area contributed by atoms with Gasteiger partial charge in [-0.2, -0.15) is 0 Å². The van der Waals surface area contributed by atoms with E-state index in [4.69, 9.17) is 4.98 Å². The number of fused-ring (bicyclic) bond motifs is 1. The molecular weight excluding hydrogens is 455 g/mol. The normalized spacial score (nSPS) is 19.3. The van der Waals surface area contributed by atoms with Crippen molar-refractivity contribution in [3.8, 4) is 0 Å². The Balaban J connectivity index is 1.36. The molecule has 0 unspecified atom stereocenters. The highest BCUT2D eigenvalue weighted by molar-refractivity contribution is 5.97. The minimum absolute atomic E-state index is 0.0598. The maximum Gasteiger partial charge on any atom is 0.241 e. The monoisotopic (exact) mass is 488 g/mol. The zero-order valence-corrected chi connectivity index (χ0v) is 21.2. The summed E-state index contributed by atoms with van der Waals surface area (Å²) >= 11 is 0. The number of aryl methyl sites for hydroxylation is 1. The third-order valence-corrected chi connectivity index (χ3v) is 7.20. The molecule has 8 heteroatoms. The van der Waals surface area contributed by atoms with Crippen LogP contribution in [0.15, 0.2) is 61.2 Å². The van der Waals surface area contributed by atoms with E-state index < -0.39 is 0 Å². The first kappa shape index (κ1) is 24.2. The second-order valence-electron chi connectivity index (χ2n) is 10.5. The molecule has 0 aliphatic carbocycles. The summed E-state index contributed by atoms with van der Waals surface area (Å²) in [5.74, 6) is 0.770. The number of benzene rings is 1. The minimum atomic E-state index is -0.249. The van der Waals surface area contributed by atoms with E-state index in [-0.39, 0.29) is 23.2 Å². The van der Waals surface area contributed by atoms with Gasteiger partial charge in [0, 0.05) is 61.9 Å². The summed E-state index contributed by atoms with van der Waals surface area (Å²) in [6, 6.07) is 8.73. The van der Waals surface area contributed by atoms with E-state index in [1.165, 1.54) is 12.1 Å². The third-order valence-electron chi connectivity index (χ3n) is 7.20. The van der Waals surface area contributed by atoms with Crippen LogP contribution in [0, 0.1) is 12.7 Å². The van der Waals surface area contributed by atoms with E-state index in [2.05, 4.69) is 46.3 Å². The standard InChI is InChI=1S/C28H33FN6O/c1-19-15-34(24(14-31-19)16-33-10-9-30-20(33)2)17-26(36)35-18-28(3,4)27-25(35)12-22(13-32-27)11-21-5-7-23(29)8-6-21/h5-10,12-13,24,31H,1,11,14-18H2,2-4H3/t24-/m1/s1. The van der Waals surface area contributed by atoms with E-state index >= 15 is 0 Å². The van der Waals surface area contributed by atoms with E-state index in [1.807, 2.05) is 24.2 Å². The lowest BCUT2D eigenvalue weighted by Crippen LogP contribution is -2.55. The van der Waals surface area contributed by atoms with Crippen molar-refractivity contribution >= 4 is 11.6 Å². The number of carbonyl (C=O) groups is 1. The van der Waals surface area contributed by atoms with E-state index in [0.717, 1.165) is 47.1 Å². The fraction of sp³-hybridized carbons (Fsp3) is 0.393. The summed E-state index contributed by atoms with van der Waals surface area (Å²) in [6.45, 7) is 13.4. The number of piperazine rings is 1. The van der Waals surface area contributed by atoms with Gasteiger partial charge < -0.3 is 14.8 Å². The van der Waals surface area contributed by atoms with Crippen LogP contribution in [0.1, 0.15) is 36.5 Å². The number of hydrogen-bond donors (Lipinski definition) is 1. The molecule has 1 aromatic carbocycles. The summed E-state index contributed by atoms with van der Waals surface area (Å²) in [6.07, 6.45) is 6.29. The lowest BCUT2D eigenvalue weighted by molar-refractivity contribution is -0.120. The van der Waals surface area contributed by atoms with Crippen LogP contribution in [-0.2, 0) is 23.2 Å². The van der Waals surface area contributed by atoms with Crippen molar-refractivity contribution in [2.24, 2.45) is 0 Å². The van der Waals surface area contributed by atoms with Crippen molar-refractivity contribution in [3.63, 3.8) is 0 Å². The van der Waals surface area contributed by atoms with E-state index in [1.54, 1.807) is 18.3 Å². The van der Waals surface area contributed by atoms with Gasteiger partial charge in [-0.3, -0.25) is 14.7 Å². The minimum Gasteiger partial charge on any atom is -0.386 e. The third kappa shape index (κ3) is 4.91. The average molecular weight is 489 g/mol. The molecule has 4 heterocycles. The first-order valence-electron chi connectivity index (χ1n) is 12.4. The average Bonchev–Trinajstić information content (AvgIpc) is 3.36. The van der Waals surface area contributed by atoms with Crippen LogP contribution in [0.4, 0.5) is 10.1 Å². The summed E-state index contributed by atoms with van der Waals surface area (Å²) in [5.41, 5.74) is 4.51. The van der Waals surface area contributed by atoms with Crippen molar-refractivity contribution in [2.45, 2.75) is 45.2 Å². The van der Waals surface area contributed by atoms with Gasteiger partial charge >= 0.3 is 0 Å². The predicted molar refractivity (Wildman–Crippen MR) is 138 cm³/mol. The molecule has 36 heavy (non-hydrogen) atoms. The SMILES string of the molecule is C=C1CN(CC(=O)N2CC(C)(C)c3ncc(Cc4ccc(F)cc4)cc32)[C@@H](Cn2ccnc2C)CN1.